The van der Waals surface area contributed by atoms with E-state index in [4.69, 9.17) is 0 Å². The highest BCUT2D eigenvalue weighted by Crippen LogP contribution is 2.20. The third-order valence-corrected chi connectivity index (χ3v) is 8.32. The monoisotopic (exact) mass is 535 g/mol. The molecule has 0 saturated heterocycles. The smallest absolute Gasteiger partial charge is 0.306 e. The van der Waals surface area contributed by atoms with Crippen LogP contribution in [0.3, 0.4) is 0 Å². The van der Waals surface area contributed by atoms with E-state index in [-0.39, 0.29) is 5.92 Å². The summed E-state index contributed by atoms with van der Waals surface area (Å²) < 4.78 is 0. The fraction of sp³-hybridized carbons (Fsp3) is 0.917. The van der Waals surface area contributed by atoms with Gasteiger partial charge in [-0.15, -0.1) is 0 Å². The number of hydrogen-bond acceptors (Lipinski definition) is 1. The summed E-state index contributed by atoms with van der Waals surface area (Å²) in [5.41, 5.74) is 0. The van der Waals surface area contributed by atoms with Crippen LogP contribution in [-0.2, 0) is 4.79 Å². The molecule has 1 unspecified atom stereocenters. The van der Waals surface area contributed by atoms with Gasteiger partial charge in [0.25, 0.3) is 0 Å². The highest BCUT2D eigenvalue weighted by molar-refractivity contribution is 5.69. The van der Waals surface area contributed by atoms with Crippen LogP contribution in [0.15, 0.2) is 12.2 Å². The quantitative estimate of drug-likeness (QED) is 0.0688. The number of carbonyl (C=O) groups is 1. The SMILES string of the molecule is CCCCCCCCC=CCCCCCCCCC(CCCCCCCCCCCCCCCC)C(=O)O. The van der Waals surface area contributed by atoms with E-state index in [9.17, 15) is 9.90 Å². The summed E-state index contributed by atoms with van der Waals surface area (Å²) >= 11 is 0. The fourth-order valence-electron chi connectivity index (χ4n) is 5.61. The van der Waals surface area contributed by atoms with Crippen LogP contribution in [0.5, 0.6) is 0 Å². The first-order valence-corrected chi connectivity index (χ1v) is 17.6. The van der Waals surface area contributed by atoms with Crippen molar-refractivity contribution in [1.82, 2.24) is 0 Å². The second-order valence-corrected chi connectivity index (χ2v) is 12.1. The summed E-state index contributed by atoms with van der Waals surface area (Å²) in [6.45, 7) is 4.56. The third kappa shape index (κ3) is 29.8. The van der Waals surface area contributed by atoms with Crippen molar-refractivity contribution in [1.29, 1.82) is 0 Å². The number of rotatable bonds is 32. The Labute approximate surface area is 240 Å². The van der Waals surface area contributed by atoms with Crippen LogP contribution in [0.4, 0.5) is 0 Å². The van der Waals surface area contributed by atoms with Crippen molar-refractivity contribution in [2.75, 3.05) is 0 Å². The van der Waals surface area contributed by atoms with Crippen molar-refractivity contribution >= 4 is 5.97 Å². The van der Waals surface area contributed by atoms with Gasteiger partial charge in [0.15, 0.2) is 0 Å². The molecular weight excluding hydrogens is 464 g/mol. The minimum absolute atomic E-state index is 0.107. The first-order valence-electron chi connectivity index (χ1n) is 17.6. The van der Waals surface area contributed by atoms with Crippen molar-refractivity contribution in [2.45, 2.75) is 206 Å². The number of aliphatic carboxylic acids is 1. The van der Waals surface area contributed by atoms with E-state index in [0.29, 0.717) is 0 Å². The molecule has 0 aromatic rings. The van der Waals surface area contributed by atoms with Gasteiger partial charge in [-0.3, -0.25) is 4.79 Å². The molecule has 0 bridgehead atoms. The Kier molecular flexibility index (Phi) is 31.7. The van der Waals surface area contributed by atoms with Gasteiger partial charge in [0.1, 0.15) is 0 Å². The van der Waals surface area contributed by atoms with Crippen molar-refractivity contribution in [2.24, 2.45) is 5.92 Å². The normalized spacial score (nSPS) is 12.5. The molecule has 1 atom stereocenters. The van der Waals surface area contributed by atoms with E-state index in [1.54, 1.807) is 0 Å². The Balaban J connectivity index is 3.43. The standard InChI is InChI=1S/C36H70O2/c1-3-5-7-9-11-13-15-17-19-20-22-24-26-28-30-32-34-35(36(37)38)33-31-29-27-25-23-21-18-16-14-12-10-8-6-4-2/h17,19,35H,3-16,18,20-34H2,1-2H3,(H,37,38). The first kappa shape index (κ1) is 37.2. The van der Waals surface area contributed by atoms with Gasteiger partial charge in [0.2, 0.25) is 0 Å². The first-order chi connectivity index (χ1) is 18.7. The summed E-state index contributed by atoms with van der Waals surface area (Å²) in [4.78, 5) is 11.6. The molecule has 1 N–H and O–H groups in total. The minimum atomic E-state index is -0.563. The molecule has 0 aromatic carbocycles. The number of unbranched alkanes of at least 4 members (excludes halogenated alkanes) is 25. The molecule has 0 fully saturated rings. The molecule has 0 spiro atoms. The zero-order valence-electron chi connectivity index (χ0n) is 26.3. The molecule has 0 heterocycles. The maximum absolute atomic E-state index is 11.6. The molecule has 0 amide bonds. The molecule has 0 radical (unpaired) electrons. The van der Waals surface area contributed by atoms with E-state index in [2.05, 4.69) is 26.0 Å². The molecule has 2 nitrogen and oxygen atoms in total. The van der Waals surface area contributed by atoms with Gasteiger partial charge >= 0.3 is 5.97 Å². The summed E-state index contributed by atoms with van der Waals surface area (Å²) in [7, 11) is 0. The van der Waals surface area contributed by atoms with Gasteiger partial charge in [-0.25, -0.2) is 0 Å². The van der Waals surface area contributed by atoms with E-state index in [1.165, 1.54) is 167 Å². The van der Waals surface area contributed by atoms with E-state index in [0.717, 1.165) is 25.7 Å². The lowest BCUT2D eigenvalue weighted by Crippen LogP contribution is -2.13. The zero-order valence-corrected chi connectivity index (χ0v) is 26.3. The van der Waals surface area contributed by atoms with Crippen molar-refractivity contribution in [3.05, 3.63) is 12.2 Å². The topological polar surface area (TPSA) is 37.3 Å². The van der Waals surface area contributed by atoms with Crippen molar-refractivity contribution in [3.8, 4) is 0 Å². The van der Waals surface area contributed by atoms with Gasteiger partial charge in [0, 0.05) is 0 Å². The summed E-state index contributed by atoms with van der Waals surface area (Å²) in [6.07, 6.45) is 43.9. The van der Waals surface area contributed by atoms with Crippen LogP contribution in [0.1, 0.15) is 206 Å². The van der Waals surface area contributed by atoms with Crippen LogP contribution in [0.25, 0.3) is 0 Å². The predicted molar refractivity (Wildman–Crippen MR) is 170 cm³/mol. The summed E-state index contributed by atoms with van der Waals surface area (Å²) in [5.74, 6) is -0.670. The lowest BCUT2D eigenvalue weighted by atomic mass is 9.94. The molecule has 0 aromatic heterocycles. The molecule has 0 aliphatic carbocycles. The van der Waals surface area contributed by atoms with Gasteiger partial charge in [-0.05, 0) is 38.5 Å². The summed E-state index contributed by atoms with van der Waals surface area (Å²) in [5, 5.41) is 9.60. The number of hydrogen-bond donors (Lipinski definition) is 1. The zero-order chi connectivity index (χ0) is 27.8. The molecule has 0 aliphatic rings. The average Bonchev–Trinajstić information content (AvgIpc) is 2.91. The maximum Gasteiger partial charge on any atom is 0.306 e. The van der Waals surface area contributed by atoms with Gasteiger partial charge < -0.3 is 5.11 Å². The molecule has 38 heavy (non-hydrogen) atoms. The van der Waals surface area contributed by atoms with Crippen molar-refractivity contribution < 1.29 is 9.90 Å². The Morgan fingerprint density at radius 1 is 0.447 bits per heavy atom. The number of allylic oxidation sites excluding steroid dienone is 2. The second kappa shape index (κ2) is 32.4. The predicted octanol–water partition coefficient (Wildman–Crippen LogP) is 13.0. The lowest BCUT2D eigenvalue weighted by Gasteiger charge is -2.12. The van der Waals surface area contributed by atoms with Crippen LogP contribution >= 0.6 is 0 Å². The fourth-order valence-corrected chi connectivity index (χ4v) is 5.61. The Bertz CT molecular complexity index is 484. The largest absolute Gasteiger partial charge is 0.481 e. The van der Waals surface area contributed by atoms with E-state index >= 15 is 0 Å². The lowest BCUT2D eigenvalue weighted by molar-refractivity contribution is -0.142. The number of carboxylic acid groups (broad SMARTS) is 1. The van der Waals surface area contributed by atoms with E-state index < -0.39 is 5.97 Å². The molecule has 2 heteroatoms. The Morgan fingerprint density at radius 3 is 1.00 bits per heavy atom. The second-order valence-electron chi connectivity index (χ2n) is 12.1. The number of carboxylic acids is 1. The van der Waals surface area contributed by atoms with Gasteiger partial charge in [-0.2, -0.15) is 0 Å². The van der Waals surface area contributed by atoms with Crippen LogP contribution in [0, 0.1) is 5.92 Å². The molecule has 0 saturated carbocycles. The average molecular weight is 535 g/mol. The van der Waals surface area contributed by atoms with Crippen LogP contribution in [-0.4, -0.2) is 11.1 Å². The van der Waals surface area contributed by atoms with Gasteiger partial charge in [0.05, 0.1) is 5.92 Å². The van der Waals surface area contributed by atoms with Crippen LogP contribution < -0.4 is 0 Å². The van der Waals surface area contributed by atoms with Crippen LogP contribution in [0.2, 0.25) is 0 Å². The van der Waals surface area contributed by atoms with E-state index in [1.807, 2.05) is 0 Å². The molecule has 226 valence electrons. The minimum Gasteiger partial charge on any atom is -0.481 e. The molecule has 0 aliphatic heterocycles. The Hall–Kier alpha value is -0.790. The highest BCUT2D eigenvalue weighted by Gasteiger charge is 2.16. The molecular formula is C36H70O2. The Morgan fingerprint density at radius 2 is 0.711 bits per heavy atom. The highest BCUT2D eigenvalue weighted by atomic mass is 16.4. The third-order valence-electron chi connectivity index (χ3n) is 8.32. The maximum atomic E-state index is 11.6. The molecule has 0 rings (SSSR count). The van der Waals surface area contributed by atoms with Gasteiger partial charge in [-0.1, -0.05) is 180 Å². The summed E-state index contributed by atoms with van der Waals surface area (Å²) in [6, 6.07) is 0. The van der Waals surface area contributed by atoms with Crippen molar-refractivity contribution in [3.63, 3.8) is 0 Å².